The van der Waals surface area contributed by atoms with Gasteiger partial charge in [-0.3, -0.25) is 4.79 Å². The Morgan fingerprint density at radius 3 is 2.67 bits per heavy atom. The van der Waals surface area contributed by atoms with Crippen LogP contribution in [0.2, 0.25) is 0 Å². The van der Waals surface area contributed by atoms with Gasteiger partial charge in [-0.2, -0.15) is 0 Å². The van der Waals surface area contributed by atoms with Gasteiger partial charge in [0.15, 0.2) is 0 Å². The number of aromatic nitrogens is 2. The summed E-state index contributed by atoms with van der Waals surface area (Å²) < 4.78 is 2.04. The number of hydrogen-bond donors (Lipinski definition) is 0. The van der Waals surface area contributed by atoms with Crippen molar-refractivity contribution < 1.29 is 4.79 Å². The average Bonchev–Trinajstić information content (AvgIpc) is 2.89. The Bertz CT molecular complexity index is 618. The molecule has 0 aliphatic rings. The molecule has 0 spiro atoms. The topological polar surface area (TPSA) is 41.4 Å². The molecule has 0 aliphatic heterocycles. The molecule has 1 aromatic heterocycles. The van der Waals surface area contributed by atoms with Crippen molar-refractivity contribution in [1.82, 2.24) is 14.5 Å². The van der Waals surface area contributed by atoms with Crippen LogP contribution in [0.5, 0.6) is 0 Å². The number of rotatable bonds is 5. The molecule has 0 aliphatic carbocycles. The standard InChI is InChI=1S/C16H22N4O/c1-13-17-8-9-20(13)11-10-19(4)16(21)14-6-5-7-15(12-14)18(2)3/h5-9,12H,10-11H2,1-4H3. The molecule has 2 aromatic rings. The second kappa shape index (κ2) is 6.43. The average molecular weight is 286 g/mol. The molecule has 0 unspecified atom stereocenters. The first-order chi connectivity index (χ1) is 9.99. The van der Waals surface area contributed by atoms with E-state index in [1.165, 1.54) is 0 Å². The molecule has 0 atom stereocenters. The number of hydrogen-bond acceptors (Lipinski definition) is 3. The number of imidazole rings is 1. The summed E-state index contributed by atoms with van der Waals surface area (Å²) in [6.45, 7) is 3.37. The minimum Gasteiger partial charge on any atom is -0.378 e. The third-order valence-electron chi connectivity index (χ3n) is 3.56. The highest BCUT2D eigenvalue weighted by Gasteiger charge is 2.12. The minimum absolute atomic E-state index is 0.0384. The fourth-order valence-electron chi connectivity index (χ4n) is 2.14. The van der Waals surface area contributed by atoms with Gasteiger partial charge in [0.1, 0.15) is 5.82 Å². The van der Waals surface area contributed by atoms with E-state index in [0.717, 1.165) is 18.1 Å². The predicted molar refractivity (Wildman–Crippen MR) is 84.7 cm³/mol. The number of benzene rings is 1. The number of carbonyl (C=O) groups is 1. The lowest BCUT2D eigenvalue weighted by atomic mass is 10.1. The van der Waals surface area contributed by atoms with Gasteiger partial charge in [-0.15, -0.1) is 0 Å². The quantitative estimate of drug-likeness (QED) is 0.844. The summed E-state index contributed by atoms with van der Waals surface area (Å²) in [4.78, 5) is 20.4. The lowest BCUT2D eigenvalue weighted by molar-refractivity contribution is 0.0790. The van der Waals surface area contributed by atoms with Crippen LogP contribution in [0.3, 0.4) is 0 Å². The molecule has 0 fully saturated rings. The zero-order chi connectivity index (χ0) is 15.4. The fraction of sp³-hybridized carbons (Fsp3) is 0.375. The second-order valence-corrected chi connectivity index (χ2v) is 5.34. The van der Waals surface area contributed by atoms with Gasteiger partial charge in [0.25, 0.3) is 5.91 Å². The maximum absolute atomic E-state index is 12.4. The third-order valence-corrected chi connectivity index (χ3v) is 3.56. The summed E-state index contributed by atoms with van der Waals surface area (Å²) in [5, 5.41) is 0. The van der Waals surface area contributed by atoms with Crippen molar-refractivity contribution in [2.45, 2.75) is 13.5 Å². The summed E-state index contributed by atoms with van der Waals surface area (Å²) >= 11 is 0. The number of likely N-dealkylation sites (N-methyl/N-ethyl adjacent to an activating group) is 1. The molecule has 5 nitrogen and oxygen atoms in total. The van der Waals surface area contributed by atoms with Crippen LogP contribution in [-0.2, 0) is 6.54 Å². The van der Waals surface area contributed by atoms with E-state index in [9.17, 15) is 4.79 Å². The van der Waals surface area contributed by atoms with E-state index >= 15 is 0 Å². The van der Waals surface area contributed by atoms with Crippen molar-refractivity contribution in [2.24, 2.45) is 0 Å². The van der Waals surface area contributed by atoms with Crippen molar-refractivity contribution in [3.8, 4) is 0 Å². The predicted octanol–water partition coefficient (Wildman–Crippen LogP) is 2.03. The maximum atomic E-state index is 12.4. The molecule has 0 bridgehead atoms. The van der Waals surface area contributed by atoms with Crippen LogP contribution < -0.4 is 4.90 Å². The first-order valence-electron chi connectivity index (χ1n) is 6.99. The lowest BCUT2D eigenvalue weighted by Crippen LogP contribution is -2.30. The number of nitrogens with zero attached hydrogens (tertiary/aromatic N) is 4. The van der Waals surface area contributed by atoms with Crippen LogP contribution in [0, 0.1) is 6.92 Å². The van der Waals surface area contributed by atoms with Crippen molar-refractivity contribution in [1.29, 1.82) is 0 Å². The zero-order valence-electron chi connectivity index (χ0n) is 13.1. The highest BCUT2D eigenvalue weighted by molar-refractivity contribution is 5.95. The Balaban J connectivity index is 2.02. The van der Waals surface area contributed by atoms with Gasteiger partial charge in [0.2, 0.25) is 0 Å². The van der Waals surface area contributed by atoms with Gasteiger partial charge in [-0.1, -0.05) is 6.07 Å². The molecule has 0 saturated heterocycles. The second-order valence-electron chi connectivity index (χ2n) is 5.34. The molecule has 5 heteroatoms. The fourth-order valence-corrected chi connectivity index (χ4v) is 2.14. The van der Waals surface area contributed by atoms with Crippen LogP contribution in [0.15, 0.2) is 36.7 Å². The van der Waals surface area contributed by atoms with Crippen LogP contribution >= 0.6 is 0 Å². The molecular formula is C16H22N4O. The van der Waals surface area contributed by atoms with Gasteiger partial charge >= 0.3 is 0 Å². The summed E-state index contributed by atoms with van der Waals surface area (Å²) in [5.74, 6) is 1.00. The van der Waals surface area contributed by atoms with E-state index in [2.05, 4.69) is 4.98 Å². The molecule has 21 heavy (non-hydrogen) atoms. The van der Waals surface area contributed by atoms with Gasteiger partial charge < -0.3 is 14.4 Å². The molecule has 1 heterocycles. The molecule has 1 aromatic carbocycles. The first-order valence-corrected chi connectivity index (χ1v) is 6.99. The van der Waals surface area contributed by atoms with E-state index in [0.29, 0.717) is 12.1 Å². The Morgan fingerprint density at radius 1 is 1.29 bits per heavy atom. The third kappa shape index (κ3) is 3.62. The summed E-state index contributed by atoms with van der Waals surface area (Å²) in [5.41, 5.74) is 1.74. The molecule has 1 amide bonds. The van der Waals surface area contributed by atoms with E-state index < -0.39 is 0 Å². The molecule has 112 valence electrons. The van der Waals surface area contributed by atoms with Crippen LogP contribution in [0.4, 0.5) is 5.69 Å². The number of anilines is 1. The normalized spacial score (nSPS) is 10.5. The Morgan fingerprint density at radius 2 is 2.05 bits per heavy atom. The van der Waals surface area contributed by atoms with Crippen molar-refractivity contribution in [2.75, 3.05) is 32.6 Å². The molecule has 0 N–H and O–H groups in total. The van der Waals surface area contributed by atoms with E-state index in [-0.39, 0.29) is 5.91 Å². The number of carbonyl (C=O) groups excluding carboxylic acids is 1. The minimum atomic E-state index is 0.0384. The Hall–Kier alpha value is -2.30. The van der Waals surface area contributed by atoms with Gasteiger partial charge in [-0.05, 0) is 25.1 Å². The molecule has 0 saturated carbocycles. The monoisotopic (exact) mass is 286 g/mol. The van der Waals surface area contributed by atoms with Crippen LogP contribution in [-0.4, -0.2) is 48.0 Å². The van der Waals surface area contributed by atoms with Crippen LogP contribution in [0.25, 0.3) is 0 Å². The Kier molecular flexibility index (Phi) is 4.62. The van der Waals surface area contributed by atoms with Gasteiger partial charge in [0.05, 0.1) is 0 Å². The van der Waals surface area contributed by atoms with E-state index in [1.54, 1.807) is 11.1 Å². The number of aryl methyl sites for hydroxylation is 1. The zero-order valence-corrected chi connectivity index (χ0v) is 13.1. The van der Waals surface area contributed by atoms with Crippen molar-refractivity contribution >= 4 is 11.6 Å². The van der Waals surface area contributed by atoms with E-state index in [1.807, 2.05) is 68.0 Å². The Labute approximate surface area is 125 Å². The maximum Gasteiger partial charge on any atom is 0.253 e. The highest BCUT2D eigenvalue weighted by Crippen LogP contribution is 2.14. The lowest BCUT2D eigenvalue weighted by Gasteiger charge is -2.19. The smallest absolute Gasteiger partial charge is 0.253 e. The largest absolute Gasteiger partial charge is 0.378 e. The summed E-state index contributed by atoms with van der Waals surface area (Å²) in [6, 6.07) is 7.68. The van der Waals surface area contributed by atoms with Crippen LogP contribution in [0.1, 0.15) is 16.2 Å². The van der Waals surface area contributed by atoms with Gasteiger partial charge in [-0.25, -0.2) is 4.98 Å². The van der Waals surface area contributed by atoms with Crippen molar-refractivity contribution in [3.05, 3.63) is 48.0 Å². The van der Waals surface area contributed by atoms with Crippen molar-refractivity contribution in [3.63, 3.8) is 0 Å². The summed E-state index contributed by atoms with van der Waals surface area (Å²) in [6.07, 6.45) is 3.71. The summed E-state index contributed by atoms with van der Waals surface area (Å²) in [7, 11) is 5.77. The molecule has 2 rings (SSSR count). The van der Waals surface area contributed by atoms with Gasteiger partial charge in [0, 0.05) is 57.9 Å². The SMILES string of the molecule is Cc1nccn1CCN(C)C(=O)c1cccc(N(C)C)c1. The highest BCUT2D eigenvalue weighted by atomic mass is 16.2. The van der Waals surface area contributed by atoms with E-state index in [4.69, 9.17) is 0 Å². The molecular weight excluding hydrogens is 264 g/mol. The molecule has 0 radical (unpaired) electrons. The first kappa shape index (κ1) is 15.1. The number of amides is 1.